The van der Waals surface area contributed by atoms with Gasteiger partial charge in [0, 0.05) is 4.90 Å². The lowest BCUT2D eigenvalue weighted by Gasteiger charge is -2.32. The molecule has 1 amide bonds. The van der Waals surface area contributed by atoms with E-state index in [-0.39, 0.29) is 11.7 Å². The molecule has 4 nitrogen and oxygen atoms in total. The Hall–Kier alpha value is -2.34. The topological polar surface area (TPSA) is 57.6 Å². The number of nitrogens with zero attached hydrogens (tertiary/aromatic N) is 1. The molecule has 1 N–H and O–H groups in total. The number of anilines is 1. The molecule has 0 radical (unpaired) electrons. The van der Waals surface area contributed by atoms with Crippen LogP contribution in [0.5, 0.6) is 0 Å². The van der Waals surface area contributed by atoms with E-state index < -0.39 is 17.8 Å². The van der Waals surface area contributed by atoms with Crippen LogP contribution in [0.2, 0.25) is 0 Å². The first kappa shape index (κ1) is 14.6. The summed E-state index contributed by atoms with van der Waals surface area (Å²) in [6, 6.07) is 12.9. The first-order valence-corrected chi connectivity index (χ1v) is 7.48. The summed E-state index contributed by atoms with van der Waals surface area (Å²) >= 11 is 1.35. The van der Waals surface area contributed by atoms with Crippen molar-refractivity contribution in [1.29, 1.82) is 0 Å². The number of carboxylic acids is 1. The van der Waals surface area contributed by atoms with E-state index in [2.05, 4.69) is 0 Å². The number of para-hydroxylation sites is 1. The second kappa shape index (κ2) is 5.81. The Morgan fingerprint density at radius 3 is 2.55 bits per heavy atom. The number of rotatable bonds is 3. The van der Waals surface area contributed by atoms with Gasteiger partial charge in [0.05, 0.1) is 5.69 Å². The Morgan fingerprint density at radius 2 is 1.86 bits per heavy atom. The van der Waals surface area contributed by atoms with Crippen LogP contribution >= 0.6 is 11.8 Å². The molecule has 2 aromatic rings. The molecule has 22 heavy (non-hydrogen) atoms. The standard InChI is InChI=1S/C16H12FNO3S/c17-11-7-5-10(6-8-11)15-16(21)18(9-14(19)20)12-3-1-2-4-13(12)22-15/h1-8,15H,9H2,(H,19,20). The molecule has 0 bridgehead atoms. The largest absolute Gasteiger partial charge is 0.480 e. The summed E-state index contributed by atoms with van der Waals surface area (Å²) in [7, 11) is 0. The van der Waals surface area contributed by atoms with Crippen LogP contribution in [-0.4, -0.2) is 23.5 Å². The van der Waals surface area contributed by atoms with Gasteiger partial charge < -0.3 is 5.11 Å². The van der Waals surface area contributed by atoms with Crippen LogP contribution < -0.4 is 4.90 Å². The summed E-state index contributed by atoms with van der Waals surface area (Å²) < 4.78 is 13.1. The van der Waals surface area contributed by atoms with Crippen molar-refractivity contribution in [3.8, 4) is 0 Å². The molecule has 3 rings (SSSR count). The Labute approximate surface area is 130 Å². The molecular formula is C16H12FNO3S. The van der Waals surface area contributed by atoms with Gasteiger partial charge in [0.1, 0.15) is 17.6 Å². The molecule has 1 heterocycles. The quantitative estimate of drug-likeness (QED) is 0.945. The van der Waals surface area contributed by atoms with Crippen molar-refractivity contribution in [1.82, 2.24) is 0 Å². The number of halogens is 1. The van der Waals surface area contributed by atoms with E-state index in [1.165, 1.54) is 28.8 Å². The van der Waals surface area contributed by atoms with Crippen LogP contribution in [0.4, 0.5) is 10.1 Å². The van der Waals surface area contributed by atoms with Crippen LogP contribution in [-0.2, 0) is 9.59 Å². The number of fused-ring (bicyclic) bond motifs is 1. The lowest BCUT2D eigenvalue weighted by atomic mass is 10.1. The van der Waals surface area contributed by atoms with Gasteiger partial charge in [-0.1, -0.05) is 24.3 Å². The zero-order valence-electron chi connectivity index (χ0n) is 11.4. The van der Waals surface area contributed by atoms with Crippen LogP contribution in [0, 0.1) is 5.82 Å². The van der Waals surface area contributed by atoms with Gasteiger partial charge in [0.2, 0.25) is 5.91 Å². The zero-order chi connectivity index (χ0) is 15.7. The van der Waals surface area contributed by atoms with Crippen LogP contribution in [0.1, 0.15) is 10.8 Å². The molecule has 0 spiro atoms. The smallest absolute Gasteiger partial charge is 0.323 e. The van der Waals surface area contributed by atoms with Gasteiger partial charge in [-0.2, -0.15) is 0 Å². The molecule has 6 heteroatoms. The number of benzene rings is 2. The van der Waals surface area contributed by atoms with Crippen molar-refractivity contribution < 1.29 is 19.1 Å². The van der Waals surface area contributed by atoms with Crippen molar-refractivity contribution in [2.45, 2.75) is 10.1 Å². The van der Waals surface area contributed by atoms with E-state index in [9.17, 15) is 14.0 Å². The normalized spacial score (nSPS) is 17.2. The van der Waals surface area contributed by atoms with Crippen molar-refractivity contribution in [3.63, 3.8) is 0 Å². The number of amides is 1. The van der Waals surface area contributed by atoms with Crippen LogP contribution in [0.25, 0.3) is 0 Å². The Kier molecular flexibility index (Phi) is 3.85. The number of aliphatic carboxylic acids is 1. The fraction of sp³-hybridized carbons (Fsp3) is 0.125. The molecular weight excluding hydrogens is 305 g/mol. The molecule has 0 fully saturated rings. The number of carbonyl (C=O) groups is 2. The summed E-state index contributed by atoms with van der Waals surface area (Å²) in [5.74, 6) is -1.76. The Morgan fingerprint density at radius 1 is 1.18 bits per heavy atom. The van der Waals surface area contributed by atoms with Gasteiger partial charge in [0.25, 0.3) is 0 Å². The Balaban J connectivity index is 2.02. The molecule has 0 aromatic heterocycles. The summed E-state index contributed by atoms with van der Waals surface area (Å²) in [6.07, 6.45) is 0. The minimum Gasteiger partial charge on any atom is -0.480 e. The average molecular weight is 317 g/mol. The van der Waals surface area contributed by atoms with Crippen LogP contribution in [0.3, 0.4) is 0 Å². The predicted octanol–water partition coefficient (Wildman–Crippen LogP) is 3.09. The zero-order valence-corrected chi connectivity index (χ0v) is 12.2. The monoisotopic (exact) mass is 317 g/mol. The van der Waals surface area contributed by atoms with Crippen molar-refractivity contribution in [2.24, 2.45) is 0 Å². The average Bonchev–Trinajstić information content (AvgIpc) is 2.50. The van der Waals surface area contributed by atoms with Crippen molar-refractivity contribution >= 4 is 29.3 Å². The van der Waals surface area contributed by atoms with E-state index in [4.69, 9.17) is 5.11 Å². The Bertz CT molecular complexity index is 732. The third-order valence-electron chi connectivity index (χ3n) is 3.36. The maximum Gasteiger partial charge on any atom is 0.323 e. The molecule has 2 aromatic carbocycles. The molecule has 1 unspecified atom stereocenters. The first-order valence-electron chi connectivity index (χ1n) is 6.60. The fourth-order valence-electron chi connectivity index (χ4n) is 2.36. The maximum atomic E-state index is 13.1. The second-order valence-electron chi connectivity index (χ2n) is 4.84. The number of hydrogen-bond acceptors (Lipinski definition) is 3. The van der Waals surface area contributed by atoms with Gasteiger partial charge in [0.15, 0.2) is 0 Å². The summed E-state index contributed by atoms with van der Waals surface area (Å²) in [4.78, 5) is 25.8. The molecule has 0 saturated heterocycles. The van der Waals surface area contributed by atoms with E-state index >= 15 is 0 Å². The number of thioether (sulfide) groups is 1. The van der Waals surface area contributed by atoms with E-state index in [0.717, 1.165) is 4.90 Å². The lowest BCUT2D eigenvalue weighted by molar-refractivity contribution is -0.136. The molecule has 1 aliphatic heterocycles. The third-order valence-corrected chi connectivity index (χ3v) is 4.67. The van der Waals surface area contributed by atoms with Crippen molar-refractivity contribution in [3.05, 3.63) is 59.9 Å². The van der Waals surface area contributed by atoms with Gasteiger partial charge in [-0.25, -0.2) is 4.39 Å². The maximum absolute atomic E-state index is 13.1. The fourth-order valence-corrected chi connectivity index (χ4v) is 3.60. The summed E-state index contributed by atoms with van der Waals surface area (Å²) in [5.41, 5.74) is 1.25. The summed E-state index contributed by atoms with van der Waals surface area (Å²) in [6.45, 7) is -0.395. The van der Waals surface area contributed by atoms with Crippen LogP contribution in [0.15, 0.2) is 53.4 Å². The van der Waals surface area contributed by atoms with Gasteiger partial charge in [-0.3, -0.25) is 14.5 Å². The molecule has 1 atom stereocenters. The molecule has 1 aliphatic rings. The highest BCUT2D eigenvalue weighted by atomic mass is 32.2. The molecule has 0 aliphatic carbocycles. The highest BCUT2D eigenvalue weighted by molar-refractivity contribution is 8.00. The van der Waals surface area contributed by atoms with E-state index in [1.807, 2.05) is 12.1 Å². The van der Waals surface area contributed by atoms with E-state index in [1.54, 1.807) is 24.3 Å². The minimum absolute atomic E-state index is 0.308. The number of hydrogen-bond donors (Lipinski definition) is 1. The number of carbonyl (C=O) groups excluding carboxylic acids is 1. The van der Waals surface area contributed by atoms with Gasteiger partial charge in [-0.15, -0.1) is 11.8 Å². The molecule has 112 valence electrons. The van der Waals surface area contributed by atoms with E-state index in [0.29, 0.717) is 11.3 Å². The number of carboxylic acid groups (broad SMARTS) is 1. The highest BCUT2D eigenvalue weighted by Crippen LogP contribution is 2.46. The summed E-state index contributed by atoms with van der Waals surface area (Å²) in [5, 5.41) is 8.48. The minimum atomic E-state index is -1.08. The second-order valence-corrected chi connectivity index (χ2v) is 5.98. The third kappa shape index (κ3) is 2.69. The highest BCUT2D eigenvalue weighted by Gasteiger charge is 2.35. The SMILES string of the molecule is O=C(O)CN1C(=O)C(c2ccc(F)cc2)Sc2ccccc21. The predicted molar refractivity (Wildman–Crippen MR) is 81.4 cm³/mol. The first-order chi connectivity index (χ1) is 10.6. The van der Waals surface area contributed by atoms with Gasteiger partial charge >= 0.3 is 5.97 Å². The molecule has 0 saturated carbocycles. The lowest BCUT2D eigenvalue weighted by Crippen LogP contribution is -2.40. The van der Waals surface area contributed by atoms with Gasteiger partial charge in [-0.05, 0) is 29.8 Å². The van der Waals surface area contributed by atoms with Crippen molar-refractivity contribution in [2.75, 3.05) is 11.4 Å².